The number of nitrogens with two attached hydrogens (primary N) is 1. The minimum Gasteiger partial charge on any atom is -0.409 e. The molecule has 1 saturated carbocycles. The molecule has 1 aliphatic carbocycles. The summed E-state index contributed by atoms with van der Waals surface area (Å²) in [6.45, 7) is 8.19. The van der Waals surface area contributed by atoms with Gasteiger partial charge in [0.25, 0.3) is 0 Å². The first kappa shape index (κ1) is 16.1. The number of carbonyl (C=O) groups excluding carboxylic acids is 1. The molecule has 120 valence electrons. The van der Waals surface area contributed by atoms with Gasteiger partial charge >= 0.3 is 0 Å². The van der Waals surface area contributed by atoms with Crippen LogP contribution in [-0.2, 0) is 4.79 Å². The largest absolute Gasteiger partial charge is 0.409 e. The van der Waals surface area contributed by atoms with Gasteiger partial charge in [-0.15, -0.1) is 0 Å². The average molecular weight is 295 g/mol. The van der Waals surface area contributed by atoms with E-state index in [-0.39, 0.29) is 11.7 Å². The highest BCUT2D eigenvalue weighted by Crippen LogP contribution is 2.48. The normalized spacial score (nSPS) is 32.6. The van der Waals surface area contributed by atoms with Crippen molar-refractivity contribution >= 4 is 11.7 Å². The molecule has 0 aromatic carbocycles. The lowest BCUT2D eigenvalue weighted by Crippen LogP contribution is -2.59. The van der Waals surface area contributed by atoms with Crippen LogP contribution in [0.15, 0.2) is 5.16 Å². The summed E-state index contributed by atoms with van der Waals surface area (Å²) in [6.07, 6.45) is 5.87. The van der Waals surface area contributed by atoms with E-state index in [9.17, 15) is 4.79 Å². The van der Waals surface area contributed by atoms with E-state index < -0.39 is 5.41 Å². The molecule has 21 heavy (non-hydrogen) atoms. The van der Waals surface area contributed by atoms with E-state index >= 15 is 0 Å². The molecule has 0 aromatic heterocycles. The zero-order valence-corrected chi connectivity index (χ0v) is 13.6. The van der Waals surface area contributed by atoms with Crippen molar-refractivity contribution in [2.45, 2.75) is 59.3 Å². The number of oxime groups is 1. The Labute approximate surface area is 127 Å². The number of piperidine rings is 1. The fraction of sp³-hybridized carbons (Fsp3) is 0.875. The Bertz CT molecular complexity index is 413. The molecule has 3 N–H and O–H groups in total. The summed E-state index contributed by atoms with van der Waals surface area (Å²) in [6, 6.07) is 0. The highest BCUT2D eigenvalue weighted by Gasteiger charge is 2.54. The zero-order valence-electron chi connectivity index (χ0n) is 13.6. The molecule has 1 amide bonds. The Morgan fingerprint density at radius 2 is 1.81 bits per heavy atom. The molecule has 5 heteroatoms. The van der Waals surface area contributed by atoms with Crippen LogP contribution >= 0.6 is 0 Å². The molecule has 2 fully saturated rings. The van der Waals surface area contributed by atoms with E-state index in [1.807, 2.05) is 4.90 Å². The van der Waals surface area contributed by atoms with Crippen LogP contribution in [0.5, 0.6) is 0 Å². The molecule has 5 nitrogen and oxygen atoms in total. The topological polar surface area (TPSA) is 78.9 Å². The molecule has 0 aromatic rings. The van der Waals surface area contributed by atoms with E-state index in [4.69, 9.17) is 10.9 Å². The quantitative estimate of drug-likeness (QED) is 0.362. The van der Waals surface area contributed by atoms with Gasteiger partial charge in [-0.25, -0.2) is 0 Å². The van der Waals surface area contributed by atoms with Crippen molar-refractivity contribution in [3.05, 3.63) is 0 Å². The minimum atomic E-state index is -0.743. The van der Waals surface area contributed by atoms with Crippen molar-refractivity contribution < 1.29 is 10.0 Å². The predicted molar refractivity (Wildman–Crippen MR) is 83.1 cm³/mol. The van der Waals surface area contributed by atoms with Gasteiger partial charge in [0.15, 0.2) is 5.84 Å². The second-order valence-electron chi connectivity index (χ2n) is 7.08. The zero-order chi connectivity index (χ0) is 15.7. The van der Waals surface area contributed by atoms with Gasteiger partial charge in [0.2, 0.25) is 5.91 Å². The highest BCUT2D eigenvalue weighted by atomic mass is 16.4. The first-order valence-electron chi connectivity index (χ1n) is 8.20. The fourth-order valence-corrected chi connectivity index (χ4v) is 4.16. The third kappa shape index (κ3) is 2.62. The number of hydrogen-bond acceptors (Lipinski definition) is 3. The lowest BCUT2D eigenvalue weighted by molar-refractivity contribution is -0.147. The Morgan fingerprint density at radius 1 is 1.29 bits per heavy atom. The Balaban J connectivity index is 2.07. The standard InChI is InChI=1S/C16H29N3O2/c1-4-15(5-2)6-8-19(9-7-15)14(20)16(13(17)18-21)10-12(3)11-16/h12,21H,4-11H2,1-3H3,(H2,17,18). The highest BCUT2D eigenvalue weighted by molar-refractivity contribution is 6.07. The monoisotopic (exact) mass is 295 g/mol. The summed E-state index contributed by atoms with van der Waals surface area (Å²) in [5.74, 6) is 0.620. The molecular formula is C16H29N3O2. The van der Waals surface area contributed by atoms with Crippen molar-refractivity contribution in [1.29, 1.82) is 0 Å². The third-order valence-corrected chi connectivity index (χ3v) is 6.01. The van der Waals surface area contributed by atoms with Crippen LogP contribution in [0.2, 0.25) is 0 Å². The number of amidine groups is 1. The van der Waals surface area contributed by atoms with Gasteiger partial charge in [-0.3, -0.25) is 4.79 Å². The Hall–Kier alpha value is -1.26. The summed E-state index contributed by atoms with van der Waals surface area (Å²) in [5.41, 5.74) is 5.49. The van der Waals surface area contributed by atoms with Gasteiger partial charge in [0.1, 0.15) is 5.41 Å². The smallest absolute Gasteiger partial charge is 0.236 e. The van der Waals surface area contributed by atoms with Crippen molar-refractivity contribution in [3.8, 4) is 0 Å². The molecule has 0 unspecified atom stereocenters. The molecule has 0 radical (unpaired) electrons. The number of hydrogen-bond donors (Lipinski definition) is 2. The van der Waals surface area contributed by atoms with Crippen LogP contribution in [-0.4, -0.2) is 34.9 Å². The fourth-order valence-electron chi connectivity index (χ4n) is 4.16. The van der Waals surface area contributed by atoms with E-state index in [0.717, 1.165) is 25.9 Å². The van der Waals surface area contributed by atoms with E-state index in [0.29, 0.717) is 24.2 Å². The van der Waals surface area contributed by atoms with E-state index in [1.54, 1.807) is 0 Å². The molecular weight excluding hydrogens is 266 g/mol. The van der Waals surface area contributed by atoms with Crippen molar-refractivity contribution in [1.82, 2.24) is 4.90 Å². The summed E-state index contributed by atoms with van der Waals surface area (Å²) in [5, 5.41) is 12.2. The minimum absolute atomic E-state index is 0.0664. The Morgan fingerprint density at radius 3 is 2.19 bits per heavy atom. The van der Waals surface area contributed by atoms with Crippen LogP contribution in [0.3, 0.4) is 0 Å². The summed E-state index contributed by atoms with van der Waals surface area (Å²) >= 11 is 0. The van der Waals surface area contributed by atoms with Crippen molar-refractivity contribution in [3.63, 3.8) is 0 Å². The van der Waals surface area contributed by atoms with E-state index in [2.05, 4.69) is 25.9 Å². The molecule has 1 heterocycles. The summed E-state index contributed by atoms with van der Waals surface area (Å²) in [4.78, 5) is 14.8. The first-order chi connectivity index (χ1) is 9.93. The van der Waals surface area contributed by atoms with Crippen LogP contribution in [0.4, 0.5) is 0 Å². The number of rotatable bonds is 4. The SMILES string of the molecule is CCC1(CC)CCN(C(=O)C2(C(N)=NO)CC(C)C2)CC1. The summed E-state index contributed by atoms with van der Waals surface area (Å²) < 4.78 is 0. The van der Waals surface area contributed by atoms with Crippen molar-refractivity contribution in [2.75, 3.05) is 13.1 Å². The van der Waals surface area contributed by atoms with Crippen molar-refractivity contribution in [2.24, 2.45) is 27.6 Å². The molecule has 1 saturated heterocycles. The first-order valence-corrected chi connectivity index (χ1v) is 8.20. The third-order valence-electron chi connectivity index (χ3n) is 6.01. The molecule has 2 rings (SSSR count). The lowest BCUT2D eigenvalue weighted by Gasteiger charge is -2.49. The van der Waals surface area contributed by atoms with Crippen LogP contribution in [0.25, 0.3) is 0 Å². The molecule has 2 aliphatic rings. The molecule has 0 bridgehead atoms. The number of likely N-dealkylation sites (tertiary alicyclic amines) is 1. The maximum Gasteiger partial charge on any atom is 0.236 e. The van der Waals surface area contributed by atoms with Gasteiger partial charge in [-0.2, -0.15) is 0 Å². The van der Waals surface area contributed by atoms with E-state index in [1.165, 1.54) is 12.8 Å². The number of amides is 1. The Kier molecular flexibility index (Phi) is 4.49. The number of nitrogens with zero attached hydrogens (tertiary/aromatic N) is 2. The second kappa shape index (κ2) is 5.85. The molecule has 0 atom stereocenters. The summed E-state index contributed by atoms with van der Waals surface area (Å²) in [7, 11) is 0. The predicted octanol–water partition coefficient (Wildman–Crippen LogP) is 2.58. The van der Waals surface area contributed by atoms with Gasteiger partial charge in [-0.1, -0.05) is 38.8 Å². The number of carbonyl (C=O) groups is 1. The van der Waals surface area contributed by atoms with Crippen LogP contribution in [0, 0.1) is 16.7 Å². The van der Waals surface area contributed by atoms with Gasteiger partial charge < -0.3 is 15.8 Å². The van der Waals surface area contributed by atoms with Gasteiger partial charge in [0, 0.05) is 13.1 Å². The van der Waals surface area contributed by atoms with Gasteiger partial charge in [0.05, 0.1) is 0 Å². The van der Waals surface area contributed by atoms with Crippen LogP contribution in [0.1, 0.15) is 59.3 Å². The van der Waals surface area contributed by atoms with Gasteiger partial charge in [-0.05, 0) is 37.0 Å². The average Bonchev–Trinajstić information content (AvgIpc) is 2.50. The maximum atomic E-state index is 12.9. The molecule has 1 aliphatic heterocycles. The molecule has 0 spiro atoms. The second-order valence-corrected chi connectivity index (χ2v) is 7.08. The maximum absolute atomic E-state index is 12.9. The lowest BCUT2D eigenvalue weighted by atomic mass is 9.60. The van der Waals surface area contributed by atoms with Crippen LogP contribution < -0.4 is 5.73 Å².